The fourth-order valence-corrected chi connectivity index (χ4v) is 3.84. The van der Waals surface area contributed by atoms with Crippen LogP contribution in [0.5, 0.6) is 17.2 Å². The van der Waals surface area contributed by atoms with E-state index in [1.54, 1.807) is 37.6 Å². The maximum atomic E-state index is 12.3. The van der Waals surface area contributed by atoms with Crippen molar-refractivity contribution in [3.05, 3.63) is 85.4 Å². The molecule has 0 unspecified atom stereocenters. The molecule has 3 rings (SSSR count). The second-order valence-electron chi connectivity index (χ2n) is 6.61. The number of nitrogens with zero attached hydrogens (tertiary/aromatic N) is 1. The van der Waals surface area contributed by atoms with Crippen LogP contribution in [-0.2, 0) is 6.61 Å². The molecule has 0 saturated heterocycles. The summed E-state index contributed by atoms with van der Waals surface area (Å²) in [5.41, 5.74) is 4.82. The van der Waals surface area contributed by atoms with Gasteiger partial charge in [-0.3, -0.25) is 4.79 Å². The molecule has 32 heavy (non-hydrogen) atoms. The van der Waals surface area contributed by atoms with Gasteiger partial charge in [0.05, 0.1) is 23.5 Å². The molecule has 0 fully saturated rings. The van der Waals surface area contributed by atoms with Crippen LogP contribution in [0.1, 0.15) is 28.4 Å². The molecule has 3 aromatic rings. The van der Waals surface area contributed by atoms with Crippen LogP contribution < -0.4 is 19.6 Å². The summed E-state index contributed by atoms with van der Waals surface area (Å²) in [5, 5.41) is 4.08. The van der Waals surface area contributed by atoms with Crippen LogP contribution in [0, 0.1) is 3.57 Å². The van der Waals surface area contributed by atoms with Gasteiger partial charge in [-0.15, -0.1) is 0 Å². The van der Waals surface area contributed by atoms with E-state index in [9.17, 15) is 4.79 Å². The minimum atomic E-state index is -0.325. The second-order valence-corrected chi connectivity index (χ2v) is 8.69. The highest BCUT2D eigenvalue weighted by Crippen LogP contribution is 2.34. The Bertz CT molecular complexity index is 1100. The van der Waals surface area contributed by atoms with E-state index in [2.05, 4.69) is 49.0 Å². The van der Waals surface area contributed by atoms with E-state index in [0.29, 0.717) is 36.0 Å². The number of hydrogen-bond donors (Lipinski definition) is 1. The number of carbonyl (C=O) groups is 1. The zero-order valence-corrected chi connectivity index (χ0v) is 21.3. The quantitative estimate of drug-likeness (QED) is 0.189. The lowest BCUT2D eigenvalue weighted by molar-refractivity contribution is 0.0955. The highest BCUT2D eigenvalue weighted by molar-refractivity contribution is 14.1. The van der Waals surface area contributed by atoms with E-state index < -0.39 is 0 Å². The van der Waals surface area contributed by atoms with Crippen LogP contribution in [0.3, 0.4) is 0 Å². The first-order valence-electron chi connectivity index (χ1n) is 9.81. The molecule has 0 aliphatic carbocycles. The van der Waals surface area contributed by atoms with Crippen LogP contribution in [-0.4, -0.2) is 25.8 Å². The van der Waals surface area contributed by atoms with Crippen molar-refractivity contribution in [1.29, 1.82) is 0 Å². The average molecular weight is 609 g/mol. The van der Waals surface area contributed by atoms with Crippen molar-refractivity contribution in [2.75, 3.05) is 13.7 Å². The fourth-order valence-electron chi connectivity index (χ4n) is 2.80. The van der Waals surface area contributed by atoms with Crippen molar-refractivity contribution in [3.63, 3.8) is 0 Å². The molecule has 0 radical (unpaired) electrons. The maximum absolute atomic E-state index is 12.3. The standard InChI is InChI=1S/C24H22BrIN2O4/c1-3-31-22-12-17(14-27-28-24(29)18-5-4-6-20(13-18)30-2)11-21(26)23(22)32-15-16-7-9-19(25)10-8-16/h4-14H,3,15H2,1-2H3,(H,28,29)/b27-14-. The third kappa shape index (κ3) is 6.70. The van der Waals surface area contributed by atoms with E-state index in [1.807, 2.05) is 43.3 Å². The monoisotopic (exact) mass is 608 g/mol. The Balaban J connectivity index is 1.71. The number of benzene rings is 3. The minimum absolute atomic E-state index is 0.325. The summed E-state index contributed by atoms with van der Waals surface area (Å²) >= 11 is 5.64. The summed E-state index contributed by atoms with van der Waals surface area (Å²) in [6.45, 7) is 2.84. The third-order valence-corrected chi connectivity index (χ3v) is 5.67. The Morgan fingerprint density at radius 3 is 2.62 bits per heavy atom. The van der Waals surface area contributed by atoms with Crippen molar-refractivity contribution in [2.45, 2.75) is 13.5 Å². The van der Waals surface area contributed by atoms with Gasteiger partial charge in [0, 0.05) is 10.0 Å². The lowest BCUT2D eigenvalue weighted by Crippen LogP contribution is -2.17. The van der Waals surface area contributed by atoms with E-state index >= 15 is 0 Å². The number of halogens is 2. The van der Waals surface area contributed by atoms with Crippen LogP contribution in [0.15, 0.2) is 70.2 Å². The minimum Gasteiger partial charge on any atom is -0.497 e. The van der Waals surface area contributed by atoms with E-state index in [4.69, 9.17) is 14.2 Å². The first-order chi connectivity index (χ1) is 15.5. The molecule has 0 saturated carbocycles. The van der Waals surface area contributed by atoms with Crippen molar-refractivity contribution >= 4 is 50.6 Å². The topological polar surface area (TPSA) is 69.2 Å². The molecule has 1 amide bonds. The van der Waals surface area contributed by atoms with Gasteiger partial charge in [0.25, 0.3) is 5.91 Å². The zero-order chi connectivity index (χ0) is 22.9. The average Bonchev–Trinajstić information content (AvgIpc) is 2.80. The molecule has 8 heteroatoms. The highest BCUT2D eigenvalue weighted by atomic mass is 127. The van der Waals surface area contributed by atoms with E-state index in [0.717, 1.165) is 19.2 Å². The molecule has 1 N–H and O–H groups in total. The van der Waals surface area contributed by atoms with Crippen molar-refractivity contribution < 1.29 is 19.0 Å². The van der Waals surface area contributed by atoms with Crippen molar-refractivity contribution in [2.24, 2.45) is 5.10 Å². The number of hydrazone groups is 1. The van der Waals surface area contributed by atoms with Gasteiger partial charge in [-0.05, 0) is 83.1 Å². The molecule has 0 aromatic heterocycles. The molecule has 0 atom stereocenters. The molecule has 3 aromatic carbocycles. The highest BCUT2D eigenvalue weighted by Gasteiger charge is 2.12. The van der Waals surface area contributed by atoms with Gasteiger partial charge in [0.15, 0.2) is 11.5 Å². The third-order valence-electron chi connectivity index (χ3n) is 4.34. The molecule has 0 heterocycles. The first-order valence-corrected chi connectivity index (χ1v) is 11.7. The Hall–Kier alpha value is -2.59. The Labute approximate surface area is 209 Å². The number of carbonyl (C=O) groups excluding carboxylic acids is 1. The Morgan fingerprint density at radius 2 is 1.91 bits per heavy atom. The lowest BCUT2D eigenvalue weighted by atomic mass is 10.2. The van der Waals surface area contributed by atoms with Gasteiger partial charge < -0.3 is 14.2 Å². The predicted molar refractivity (Wildman–Crippen MR) is 137 cm³/mol. The van der Waals surface area contributed by atoms with Crippen LogP contribution >= 0.6 is 38.5 Å². The molecule has 0 aliphatic heterocycles. The second kappa shape index (κ2) is 11.9. The van der Waals surface area contributed by atoms with E-state index in [-0.39, 0.29) is 5.91 Å². The normalized spacial score (nSPS) is 10.8. The summed E-state index contributed by atoms with van der Waals surface area (Å²) in [6, 6.07) is 18.6. The van der Waals surface area contributed by atoms with Crippen molar-refractivity contribution in [1.82, 2.24) is 5.43 Å². The number of rotatable bonds is 9. The number of amides is 1. The van der Waals surface area contributed by atoms with Crippen LogP contribution in [0.25, 0.3) is 0 Å². The van der Waals surface area contributed by atoms with Gasteiger partial charge in [0.1, 0.15) is 12.4 Å². The van der Waals surface area contributed by atoms with Gasteiger partial charge in [0.2, 0.25) is 0 Å². The smallest absolute Gasteiger partial charge is 0.271 e. The Kier molecular flexibility index (Phi) is 8.92. The van der Waals surface area contributed by atoms with E-state index in [1.165, 1.54) is 0 Å². The maximum Gasteiger partial charge on any atom is 0.271 e. The van der Waals surface area contributed by atoms with Gasteiger partial charge in [-0.2, -0.15) is 5.10 Å². The summed E-state index contributed by atoms with van der Waals surface area (Å²) in [4.78, 5) is 12.3. The summed E-state index contributed by atoms with van der Waals surface area (Å²) in [5.74, 6) is 1.58. The van der Waals surface area contributed by atoms with Crippen molar-refractivity contribution in [3.8, 4) is 17.2 Å². The predicted octanol–water partition coefficient (Wildman–Crippen LogP) is 5.80. The SMILES string of the molecule is CCOc1cc(/C=N\NC(=O)c2cccc(OC)c2)cc(I)c1OCc1ccc(Br)cc1. The summed E-state index contributed by atoms with van der Waals surface area (Å²) in [7, 11) is 1.55. The Morgan fingerprint density at radius 1 is 1.12 bits per heavy atom. The lowest BCUT2D eigenvalue weighted by Gasteiger charge is -2.15. The van der Waals surface area contributed by atoms with Gasteiger partial charge >= 0.3 is 0 Å². The summed E-state index contributed by atoms with van der Waals surface area (Å²) < 4.78 is 18.9. The molecule has 166 valence electrons. The molecule has 0 bridgehead atoms. The number of hydrogen-bond acceptors (Lipinski definition) is 5. The summed E-state index contributed by atoms with van der Waals surface area (Å²) in [6.07, 6.45) is 1.57. The fraction of sp³-hybridized carbons (Fsp3) is 0.167. The molecular weight excluding hydrogens is 587 g/mol. The first kappa shape index (κ1) is 24.1. The largest absolute Gasteiger partial charge is 0.497 e. The number of methoxy groups -OCH3 is 1. The molecular formula is C24H22BrIN2O4. The number of nitrogens with one attached hydrogen (secondary N) is 1. The number of ether oxygens (including phenoxy) is 3. The van der Waals surface area contributed by atoms with Crippen LogP contribution in [0.2, 0.25) is 0 Å². The van der Waals surface area contributed by atoms with Gasteiger partial charge in [-0.1, -0.05) is 34.1 Å². The van der Waals surface area contributed by atoms with Crippen LogP contribution in [0.4, 0.5) is 0 Å². The molecule has 0 spiro atoms. The molecule has 6 nitrogen and oxygen atoms in total. The van der Waals surface area contributed by atoms with Gasteiger partial charge in [-0.25, -0.2) is 5.43 Å². The zero-order valence-electron chi connectivity index (χ0n) is 17.6. The molecule has 0 aliphatic rings.